The Bertz CT molecular complexity index is 907. The van der Waals surface area contributed by atoms with Crippen molar-refractivity contribution in [2.24, 2.45) is 0 Å². The highest BCUT2D eigenvalue weighted by atomic mass is 32.2. The lowest BCUT2D eigenvalue weighted by molar-refractivity contribution is 0.155. The summed E-state index contributed by atoms with van der Waals surface area (Å²) in [6.45, 7) is 0.914. The molecule has 1 fully saturated rings. The minimum Gasteiger partial charge on any atom is -0.496 e. The normalized spacial score (nSPS) is 17.5. The fourth-order valence-corrected chi connectivity index (χ4v) is 4.35. The van der Waals surface area contributed by atoms with Gasteiger partial charge in [-0.15, -0.1) is 0 Å². The molecule has 0 aliphatic carbocycles. The molecule has 2 atom stereocenters. The lowest BCUT2D eigenvalue weighted by atomic mass is 9.97. The van der Waals surface area contributed by atoms with Crippen LogP contribution < -0.4 is 4.74 Å². The Labute approximate surface area is 154 Å². The highest BCUT2D eigenvalue weighted by Gasteiger charge is 2.29. The van der Waals surface area contributed by atoms with E-state index in [4.69, 9.17) is 9.84 Å². The molecule has 0 aromatic heterocycles. The van der Waals surface area contributed by atoms with Gasteiger partial charge in [0, 0.05) is 23.9 Å². The van der Waals surface area contributed by atoms with Crippen LogP contribution in [0.25, 0.3) is 0 Å². The molecule has 7 heteroatoms. The van der Waals surface area contributed by atoms with Crippen LogP contribution in [0.2, 0.25) is 0 Å². The summed E-state index contributed by atoms with van der Waals surface area (Å²) in [5, 5.41) is 18.3. The molecule has 1 saturated heterocycles. The fraction of sp³-hybridized carbons (Fsp3) is 0.263. The van der Waals surface area contributed by atoms with E-state index in [0.29, 0.717) is 34.2 Å². The fourth-order valence-electron chi connectivity index (χ4n) is 3.18. The number of benzene rings is 2. The second kappa shape index (κ2) is 7.58. The first-order chi connectivity index (χ1) is 12.5. The summed E-state index contributed by atoms with van der Waals surface area (Å²) >= 11 is 0. The molecule has 2 aromatic rings. The van der Waals surface area contributed by atoms with Gasteiger partial charge in [-0.25, -0.2) is 9.00 Å². The Morgan fingerprint density at radius 3 is 2.77 bits per heavy atom. The molecule has 0 bridgehead atoms. The molecule has 26 heavy (non-hydrogen) atoms. The Kier molecular flexibility index (Phi) is 5.24. The number of likely N-dealkylation sites (tertiary alicyclic amines) is 1. The molecule has 1 amide bonds. The van der Waals surface area contributed by atoms with Gasteiger partial charge >= 0.3 is 6.09 Å². The second-order valence-corrected chi connectivity index (χ2v) is 7.44. The number of amides is 1. The van der Waals surface area contributed by atoms with Gasteiger partial charge in [-0.1, -0.05) is 18.2 Å². The van der Waals surface area contributed by atoms with Crippen LogP contribution >= 0.6 is 0 Å². The quantitative estimate of drug-likeness (QED) is 0.892. The van der Waals surface area contributed by atoms with E-state index in [1.54, 1.807) is 43.5 Å². The topological polar surface area (TPSA) is 90.6 Å². The number of rotatable bonds is 4. The lowest BCUT2D eigenvalue weighted by Gasteiger charge is -2.16. The van der Waals surface area contributed by atoms with Gasteiger partial charge in [-0.2, -0.15) is 5.26 Å². The van der Waals surface area contributed by atoms with E-state index in [9.17, 15) is 14.3 Å². The van der Waals surface area contributed by atoms with Gasteiger partial charge in [-0.3, -0.25) is 0 Å². The van der Waals surface area contributed by atoms with Crippen molar-refractivity contribution < 1.29 is 18.8 Å². The Hall–Kier alpha value is -2.85. The Morgan fingerprint density at radius 1 is 1.35 bits per heavy atom. The van der Waals surface area contributed by atoms with Crippen LogP contribution in [0.3, 0.4) is 0 Å². The van der Waals surface area contributed by atoms with Crippen molar-refractivity contribution >= 4 is 16.9 Å². The van der Waals surface area contributed by atoms with Crippen LogP contribution in [0.4, 0.5) is 4.79 Å². The van der Waals surface area contributed by atoms with Crippen molar-refractivity contribution in [3.8, 4) is 11.8 Å². The third-order valence-corrected chi connectivity index (χ3v) is 5.96. The van der Waals surface area contributed by atoms with Crippen molar-refractivity contribution in [3.05, 3.63) is 53.6 Å². The second-order valence-electron chi connectivity index (χ2n) is 5.99. The molecule has 3 rings (SSSR count). The van der Waals surface area contributed by atoms with Crippen molar-refractivity contribution in [1.82, 2.24) is 4.90 Å². The van der Waals surface area contributed by atoms with Crippen LogP contribution in [0.5, 0.6) is 5.75 Å². The third-order valence-electron chi connectivity index (χ3n) is 4.52. The first-order valence-electron chi connectivity index (χ1n) is 8.12. The maximum atomic E-state index is 12.9. The van der Waals surface area contributed by atoms with Gasteiger partial charge in [0.1, 0.15) is 11.8 Å². The van der Waals surface area contributed by atoms with Crippen molar-refractivity contribution in [1.29, 1.82) is 5.26 Å². The average Bonchev–Trinajstić information content (AvgIpc) is 3.17. The van der Waals surface area contributed by atoms with E-state index in [0.717, 1.165) is 12.0 Å². The smallest absolute Gasteiger partial charge is 0.407 e. The number of hydrogen-bond acceptors (Lipinski definition) is 4. The van der Waals surface area contributed by atoms with E-state index >= 15 is 0 Å². The molecule has 1 heterocycles. The summed E-state index contributed by atoms with van der Waals surface area (Å²) in [7, 11) is 0.0391. The minimum atomic E-state index is -1.50. The lowest BCUT2D eigenvalue weighted by Crippen LogP contribution is -2.26. The predicted molar refractivity (Wildman–Crippen MR) is 95.8 cm³/mol. The monoisotopic (exact) mass is 370 g/mol. The Balaban J connectivity index is 1.91. The largest absolute Gasteiger partial charge is 0.496 e. The molecular formula is C19H18N2O4S. The van der Waals surface area contributed by atoms with E-state index in [1.807, 2.05) is 6.07 Å². The van der Waals surface area contributed by atoms with Crippen LogP contribution in [0.15, 0.2) is 52.3 Å². The molecule has 0 saturated carbocycles. The molecule has 134 valence electrons. The molecule has 0 spiro atoms. The molecule has 6 nitrogen and oxygen atoms in total. The summed E-state index contributed by atoms with van der Waals surface area (Å²) in [6.07, 6.45) is -0.195. The highest BCUT2D eigenvalue weighted by molar-refractivity contribution is 7.85. The maximum absolute atomic E-state index is 12.9. The van der Waals surface area contributed by atoms with E-state index in [2.05, 4.69) is 6.07 Å². The molecule has 1 N–H and O–H groups in total. The Morgan fingerprint density at radius 2 is 2.12 bits per heavy atom. The number of nitrogens with zero attached hydrogens (tertiary/aromatic N) is 2. The zero-order chi connectivity index (χ0) is 18.7. The zero-order valence-corrected chi connectivity index (χ0v) is 15.0. The number of methoxy groups -OCH3 is 1. The van der Waals surface area contributed by atoms with E-state index < -0.39 is 16.9 Å². The van der Waals surface area contributed by atoms with Crippen LogP contribution in [0.1, 0.15) is 23.5 Å². The SMILES string of the molecule is COc1cc(S(=O)c2ccccc2C#N)ccc1C1CCN(C(=O)O)C1. The van der Waals surface area contributed by atoms with Gasteiger partial charge in [0.25, 0.3) is 0 Å². The minimum absolute atomic E-state index is 0.0509. The van der Waals surface area contributed by atoms with E-state index in [1.165, 1.54) is 4.90 Å². The van der Waals surface area contributed by atoms with Crippen LogP contribution in [-0.2, 0) is 10.8 Å². The molecule has 2 aromatic carbocycles. The molecule has 0 radical (unpaired) electrons. The van der Waals surface area contributed by atoms with Crippen molar-refractivity contribution in [3.63, 3.8) is 0 Å². The summed E-state index contributed by atoms with van der Waals surface area (Å²) in [4.78, 5) is 13.5. The zero-order valence-electron chi connectivity index (χ0n) is 14.2. The predicted octanol–water partition coefficient (Wildman–Crippen LogP) is 3.20. The van der Waals surface area contributed by atoms with Crippen LogP contribution in [-0.4, -0.2) is 40.5 Å². The molecule has 2 unspecified atom stereocenters. The molecule has 1 aliphatic rings. The number of nitriles is 1. The number of ether oxygens (including phenoxy) is 1. The summed E-state index contributed by atoms with van der Waals surface area (Å²) in [5.41, 5.74) is 1.28. The summed E-state index contributed by atoms with van der Waals surface area (Å²) < 4.78 is 18.4. The first kappa shape index (κ1) is 18.0. The standard InChI is InChI=1S/C19H18N2O4S/c1-25-17-10-15(26(24)18-5-3-2-4-13(18)11-20)6-7-16(17)14-8-9-21(12-14)19(22)23/h2-7,10,14H,8-9,12H2,1H3,(H,22,23). The molecule has 1 aliphatic heterocycles. The van der Waals surface area contributed by atoms with E-state index in [-0.39, 0.29) is 5.92 Å². The first-order valence-corrected chi connectivity index (χ1v) is 9.27. The van der Waals surface area contributed by atoms with Gasteiger partial charge in [0.15, 0.2) is 0 Å². The van der Waals surface area contributed by atoms with Gasteiger partial charge in [0.2, 0.25) is 0 Å². The van der Waals surface area contributed by atoms with Gasteiger partial charge < -0.3 is 14.7 Å². The summed E-state index contributed by atoms with van der Waals surface area (Å²) in [6, 6.07) is 14.2. The highest BCUT2D eigenvalue weighted by Crippen LogP contribution is 2.35. The van der Waals surface area contributed by atoms with Gasteiger partial charge in [0.05, 0.1) is 28.4 Å². The molecular weight excluding hydrogens is 352 g/mol. The van der Waals surface area contributed by atoms with Gasteiger partial charge in [-0.05, 0) is 36.2 Å². The average molecular weight is 370 g/mol. The van der Waals surface area contributed by atoms with Crippen LogP contribution in [0, 0.1) is 11.3 Å². The van der Waals surface area contributed by atoms with Crippen molar-refractivity contribution in [2.75, 3.05) is 20.2 Å². The maximum Gasteiger partial charge on any atom is 0.407 e. The number of carboxylic acid groups (broad SMARTS) is 1. The summed E-state index contributed by atoms with van der Waals surface area (Å²) in [5.74, 6) is 0.637. The van der Waals surface area contributed by atoms with Crippen molar-refractivity contribution in [2.45, 2.75) is 22.1 Å². The third kappa shape index (κ3) is 3.41. The number of hydrogen-bond donors (Lipinski definition) is 1. The number of carbonyl (C=O) groups is 1.